The second kappa shape index (κ2) is 6.34. The molecule has 1 aromatic heterocycles. The Kier molecular flexibility index (Phi) is 4.23. The van der Waals surface area contributed by atoms with E-state index in [-0.39, 0.29) is 11.3 Å². The lowest BCUT2D eigenvalue weighted by Gasteiger charge is -2.02. The van der Waals surface area contributed by atoms with Crippen molar-refractivity contribution in [2.24, 2.45) is 0 Å². The van der Waals surface area contributed by atoms with Gasteiger partial charge in [0.2, 0.25) is 0 Å². The van der Waals surface area contributed by atoms with Crippen LogP contribution in [0.1, 0.15) is 27.4 Å². The van der Waals surface area contributed by atoms with Crippen molar-refractivity contribution in [2.75, 3.05) is 7.11 Å². The quantitative estimate of drug-likeness (QED) is 0.691. The molecule has 0 saturated carbocycles. The van der Waals surface area contributed by atoms with E-state index in [4.69, 9.17) is 4.42 Å². The van der Waals surface area contributed by atoms with Crippen LogP contribution >= 0.6 is 15.9 Å². The van der Waals surface area contributed by atoms with Crippen LogP contribution in [0.15, 0.2) is 39.2 Å². The number of nitriles is 1. The molecule has 0 radical (unpaired) electrons. The average Bonchev–Trinajstić information content (AvgIpc) is 2.94. The Morgan fingerprint density at radius 2 is 2.25 bits per heavy atom. The molecule has 7 heteroatoms. The van der Waals surface area contributed by atoms with Crippen LogP contribution in [0.3, 0.4) is 0 Å². The monoisotopic (exact) mass is 386 g/mol. The van der Waals surface area contributed by atoms with Gasteiger partial charge < -0.3 is 14.3 Å². The third kappa shape index (κ3) is 2.84. The summed E-state index contributed by atoms with van der Waals surface area (Å²) < 4.78 is 10.9. The summed E-state index contributed by atoms with van der Waals surface area (Å²) in [6, 6.07) is 10.3. The predicted octanol–water partition coefficient (Wildman–Crippen LogP) is 3.54. The molecule has 1 heterocycles. The van der Waals surface area contributed by atoms with Crippen molar-refractivity contribution in [2.45, 2.75) is 6.42 Å². The molecule has 3 aromatic rings. The van der Waals surface area contributed by atoms with Crippen LogP contribution in [0.5, 0.6) is 5.75 Å². The van der Waals surface area contributed by atoms with Crippen molar-refractivity contribution in [1.82, 2.24) is 4.98 Å². The fourth-order valence-electron chi connectivity index (χ4n) is 2.36. The van der Waals surface area contributed by atoms with E-state index in [1.54, 1.807) is 6.07 Å². The van der Waals surface area contributed by atoms with Gasteiger partial charge in [-0.15, -0.1) is 0 Å². The van der Waals surface area contributed by atoms with E-state index in [2.05, 4.69) is 31.7 Å². The summed E-state index contributed by atoms with van der Waals surface area (Å²) in [5, 5.41) is 19.2. The number of halogens is 1. The predicted molar refractivity (Wildman–Crippen MR) is 88.7 cm³/mol. The lowest BCUT2D eigenvalue weighted by atomic mass is 10.1. The van der Waals surface area contributed by atoms with Gasteiger partial charge in [0.05, 0.1) is 19.1 Å². The molecular weight excluding hydrogens is 376 g/mol. The molecular formula is C17H11BrN2O4. The van der Waals surface area contributed by atoms with Gasteiger partial charge in [0.1, 0.15) is 22.9 Å². The Bertz CT molecular complexity index is 988. The largest absolute Gasteiger partial charge is 0.507 e. The van der Waals surface area contributed by atoms with Crippen LogP contribution in [0.4, 0.5) is 0 Å². The maximum Gasteiger partial charge on any atom is 0.341 e. The highest BCUT2D eigenvalue weighted by Crippen LogP contribution is 2.28. The summed E-state index contributed by atoms with van der Waals surface area (Å²) in [5.74, 6) is -0.518. The van der Waals surface area contributed by atoms with E-state index in [1.165, 1.54) is 19.2 Å². The molecule has 0 aliphatic rings. The first-order valence-corrected chi connectivity index (χ1v) is 7.71. The fraction of sp³-hybridized carbons (Fsp3) is 0.118. The van der Waals surface area contributed by atoms with Crippen molar-refractivity contribution < 1.29 is 19.1 Å². The van der Waals surface area contributed by atoms with Crippen LogP contribution in [0.2, 0.25) is 0 Å². The highest BCUT2D eigenvalue weighted by Gasteiger charge is 2.17. The summed E-state index contributed by atoms with van der Waals surface area (Å²) in [6.07, 6.45) is 0.311. The molecule has 0 aliphatic heterocycles. The minimum absolute atomic E-state index is 0.0185. The number of nitrogens with zero attached hydrogens (tertiary/aromatic N) is 2. The maximum absolute atomic E-state index is 11.6. The van der Waals surface area contributed by atoms with Crippen molar-refractivity contribution in [3.8, 4) is 11.8 Å². The van der Waals surface area contributed by atoms with E-state index in [1.807, 2.05) is 12.1 Å². The number of esters is 1. The van der Waals surface area contributed by atoms with E-state index in [0.717, 1.165) is 5.56 Å². The molecule has 2 aromatic carbocycles. The van der Waals surface area contributed by atoms with Crippen molar-refractivity contribution in [1.29, 1.82) is 5.26 Å². The van der Waals surface area contributed by atoms with Crippen molar-refractivity contribution in [3.05, 3.63) is 57.4 Å². The number of methoxy groups -OCH3 is 1. The molecule has 0 spiro atoms. The highest BCUT2D eigenvalue weighted by atomic mass is 79.9. The molecule has 0 unspecified atom stereocenters. The molecule has 0 amide bonds. The Hall–Kier alpha value is -2.85. The van der Waals surface area contributed by atoms with Crippen LogP contribution in [-0.2, 0) is 11.2 Å². The molecule has 1 N–H and O–H groups in total. The van der Waals surface area contributed by atoms with Gasteiger partial charge in [0, 0.05) is 10.5 Å². The Morgan fingerprint density at radius 1 is 1.46 bits per heavy atom. The van der Waals surface area contributed by atoms with E-state index in [9.17, 15) is 15.2 Å². The zero-order valence-corrected chi connectivity index (χ0v) is 14.1. The molecule has 0 fully saturated rings. The van der Waals surface area contributed by atoms with Gasteiger partial charge >= 0.3 is 5.97 Å². The first-order valence-electron chi connectivity index (χ1n) is 6.91. The highest BCUT2D eigenvalue weighted by molar-refractivity contribution is 9.10. The number of oxazole rings is 1. The van der Waals surface area contributed by atoms with Crippen LogP contribution in [0.25, 0.3) is 11.1 Å². The second-order valence-electron chi connectivity index (χ2n) is 5.00. The molecule has 0 atom stereocenters. The minimum Gasteiger partial charge on any atom is -0.507 e. The summed E-state index contributed by atoms with van der Waals surface area (Å²) >= 11 is 3.34. The summed E-state index contributed by atoms with van der Waals surface area (Å²) in [7, 11) is 1.23. The van der Waals surface area contributed by atoms with E-state index >= 15 is 0 Å². The second-order valence-corrected chi connectivity index (χ2v) is 5.85. The Morgan fingerprint density at radius 3 is 2.96 bits per heavy atom. The molecule has 24 heavy (non-hydrogen) atoms. The van der Waals surface area contributed by atoms with Crippen molar-refractivity contribution in [3.63, 3.8) is 0 Å². The molecule has 0 saturated heterocycles. The van der Waals surface area contributed by atoms with Crippen molar-refractivity contribution >= 4 is 33.0 Å². The lowest BCUT2D eigenvalue weighted by Crippen LogP contribution is -2.01. The first-order chi connectivity index (χ1) is 11.5. The summed E-state index contributed by atoms with van der Waals surface area (Å²) in [6.45, 7) is 0. The summed E-state index contributed by atoms with van der Waals surface area (Å²) in [5.41, 5.74) is 2.07. The number of rotatable bonds is 3. The smallest absolute Gasteiger partial charge is 0.341 e. The molecule has 3 rings (SSSR count). The van der Waals surface area contributed by atoms with E-state index < -0.39 is 5.97 Å². The van der Waals surface area contributed by atoms with E-state index in [0.29, 0.717) is 33.4 Å². The number of hydrogen-bond donors (Lipinski definition) is 1. The van der Waals surface area contributed by atoms with Gasteiger partial charge in [-0.3, -0.25) is 0 Å². The fourth-order valence-corrected chi connectivity index (χ4v) is 2.86. The number of ether oxygens (including phenoxy) is 1. The zero-order chi connectivity index (χ0) is 17.3. The molecule has 0 aliphatic carbocycles. The van der Waals surface area contributed by atoms with Gasteiger partial charge in [-0.05, 0) is 33.6 Å². The van der Waals surface area contributed by atoms with Crippen LogP contribution in [0, 0.1) is 11.3 Å². The van der Waals surface area contributed by atoms with Gasteiger partial charge in [-0.25, -0.2) is 9.78 Å². The first kappa shape index (κ1) is 16.0. The lowest BCUT2D eigenvalue weighted by molar-refractivity contribution is 0.0597. The van der Waals surface area contributed by atoms with Crippen LogP contribution < -0.4 is 0 Å². The number of benzene rings is 2. The maximum atomic E-state index is 11.6. The number of phenols is 1. The number of aromatic hydroxyl groups is 1. The molecule has 120 valence electrons. The number of aromatic nitrogens is 1. The number of carbonyl (C=O) groups is 1. The number of hydrogen-bond acceptors (Lipinski definition) is 6. The topological polar surface area (TPSA) is 96.4 Å². The number of carbonyl (C=O) groups excluding carboxylic acids is 1. The molecule has 6 nitrogen and oxygen atoms in total. The summed E-state index contributed by atoms with van der Waals surface area (Å²) in [4.78, 5) is 15.9. The minimum atomic E-state index is -0.655. The third-order valence-electron chi connectivity index (χ3n) is 3.51. The van der Waals surface area contributed by atoms with Gasteiger partial charge in [0.25, 0.3) is 0 Å². The van der Waals surface area contributed by atoms with Gasteiger partial charge in [-0.2, -0.15) is 5.26 Å². The normalized spacial score (nSPS) is 10.5. The Labute approximate surface area is 145 Å². The number of phenolic OH excluding ortho intramolecular Hbond substituents is 1. The SMILES string of the molecule is COC(=O)c1cc2nc(Cc3cccc(Br)c3C#N)oc2cc1O. The number of fused-ring (bicyclic) bond motifs is 1. The third-order valence-corrected chi connectivity index (χ3v) is 4.17. The zero-order valence-electron chi connectivity index (χ0n) is 12.5. The van der Waals surface area contributed by atoms with Crippen LogP contribution in [-0.4, -0.2) is 23.2 Å². The average molecular weight is 387 g/mol. The van der Waals surface area contributed by atoms with Gasteiger partial charge in [0.15, 0.2) is 11.5 Å². The standard InChI is InChI=1S/C17H11BrN2O4/c1-23-17(22)10-6-13-15(7-14(10)21)24-16(20-13)5-9-3-2-4-12(18)11(9)8-19/h2-4,6-7,21H,5H2,1H3. The van der Waals surface area contributed by atoms with Gasteiger partial charge in [-0.1, -0.05) is 12.1 Å². The Balaban J connectivity index is 2.02. The molecule has 0 bridgehead atoms.